The van der Waals surface area contributed by atoms with E-state index in [-0.39, 0.29) is 40.9 Å². The molecule has 0 aromatic rings. The fraction of sp³-hybridized carbons (Fsp3) is 0.939. The van der Waals surface area contributed by atoms with Crippen LogP contribution in [0.2, 0.25) is 0 Å². The van der Waals surface area contributed by atoms with Crippen LogP contribution in [0.25, 0.3) is 0 Å². The molecule has 0 radical (unpaired) electrons. The molecule has 1 saturated heterocycles. The van der Waals surface area contributed by atoms with Crippen molar-refractivity contribution in [2.24, 2.45) is 46.3 Å². The smallest absolute Gasteiger partial charge is 0.303 e. The molecule has 5 aliphatic rings. The molecule has 6 heteroatoms. The predicted molar refractivity (Wildman–Crippen MR) is 150 cm³/mol. The zero-order valence-corrected chi connectivity index (χ0v) is 26.0. The number of rotatable bonds is 6. The molecule has 1 spiro atoms. The summed E-state index contributed by atoms with van der Waals surface area (Å²) in [6.07, 6.45) is 9.63. The molecule has 1 heterocycles. The Bertz CT molecular complexity index is 993. The van der Waals surface area contributed by atoms with Crippen LogP contribution in [0.4, 0.5) is 0 Å². The molecular weight excluding hydrogens is 492 g/mol. The van der Waals surface area contributed by atoms with Gasteiger partial charge < -0.3 is 19.3 Å². The van der Waals surface area contributed by atoms with Crippen LogP contribution in [-0.2, 0) is 23.8 Å². The second-order valence-electron chi connectivity index (χ2n) is 15.5. The summed E-state index contributed by atoms with van der Waals surface area (Å²) >= 11 is 0. The molecule has 0 aromatic heterocycles. The van der Waals surface area contributed by atoms with Crippen molar-refractivity contribution in [3.05, 3.63) is 0 Å². The van der Waals surface area contributed by atoms with Gasteiger partial charge in [-0.25, -0.2) is 0 Å². The Morgan fingerprint density at radius 2 is 1.59 bits per heavy atom. The van der Waals surface area contributed by atoms with Crippen LogP contribution in [-0.4, -0.2) is 46.1 Å². The number of ether oxygens (including phenoxy) is 3. The topological polar surface area (TPSA) is 85.4 Å². The summed E-state index contributed by atoms with van der Waals surface area (Å²) in [6, 6.07) is 0. The first-order valence-electron chi connectivity index (χ1n) is 15.8. The Morgan fingerprint density at radius 1 is 0.923 bits per heavy atom. The number of fused-ring (bicyclic) bond motifs is 6. The van der Waals surface area contributed by atoms with Crippen LogP contribution in [0.1, 0.15) is 120 Å². The van der Waals surface area contributed by atoms with E-state index in [1.165, 1.54) is 39.5 Å². The fourth-order valence-electron chi connectivity index (χ4n) is 11.1. The van der Waals surface area contributed by atoms with Crippen LogP contribution >= 0.6 is 0 Å². The third-order valence-electron chi connectivity index (χ3n) is 13.5. The molecule has 222 valence electrons. The van der Waals surface area contributed by atoms with Crippen molar-refractivity contribution >= 4 is 11.9 Å². The van der Waals surface area contributed by atoms with Gasteiger partial charge in [0, 0.05) is 31.1 Å². The van der Waals surface area contributed by atoms with E-state index in [4.69, 9.17) is 14.2 Å². The van der Waals surface area contributed by atoms with E-state index in [1.54, 1.807) is 0 Å². The highest BCUT2D eigenvalue weighted by Gasteiger charge is 2.83. The number of aliphatic hydroxyl groups is 1. The van der Waals surface area contributed by atoms with E-state index < -0.39 is 17.3 Å². The number of carbonyl (C=O) groups is 2. The maximum absolute atomic E-state index is 12.4. The third kappa shape index (κ3) is 4.23. The van der Waals surface area contributed by atoms with E-state index in [0.717, 1.165) is 38.0 Å². The Kier molecular flexibility index (Phi) is 7.11. The Morgan fingerprint density at radius 3 is 2.23 bits per heavy atom. The molecule has 1 aliphatic heterocycles. The first kappa shape index (κ1) is 29.4. The Labute approximate surface area is 236 Å². The molecule has 0 amide bonds. The average Bonchev–Trinajstić information content (AvgIpc) is 3.35. The normalized spacial score (nSPS) is 47.3. The molecule has 1 N–H and O–H groups in total. The predicted octanol–water partition coefficient (Wildman–Crippen LogP) is 6.46. The van der Waals surface area contributed by atoms with Crippen LogP contribution in [0.3, 0.4) is 0 Å². The van der Waals surface area contributed by atoms with Crippen molar-refractivity contribution in [2.45, 2.75) is 149 Å². The van der Waals surface area contributed by atoms with Gasteiger partial charge in [0.2, 0.25) is 0 Å². The first-order valence-corrected chi connectivity index (χ1v) is 15.8. The zero-order chi connectivity index (χ0) is 28.8. The van der Waals surface area contributed by atoms with Crippen LogP contribution in [0.15, 0.2) is 0 Å². The molecule has 0 bridgehead atoms. The second kappa shape index (κ2) is 9.44. The number of epoxide rings is 1. The molecule has 6 nitrogen and oxygen atoms in total. The number of hydrogen-bond acceptors (Lipinski definition) is 6. The minimum atomic E-state index is -0.691. The van der Waals surface area contributed by atoms with E-state index >= 15 is 0 Å². The maximum Gasteiger partial charge on any atom is 0.303 e. The van der Waals surface area contributed by atoms with E-state index in [0.29, 0.717) is 23.2 Å². The molecule has 12 unspecified atom stereocenters. The fourth-order valence-corrected chi connectivity index (χ4v) is 11.1. The van der Waals surface area contributed by atoms with Gasteiger partial charge in [-0.2, -0.15) is 0 Å². The minimum Gasteiger partial charge on any atom is -0.460 e. The molecule has 12 atom stereocenters. The standard InChI is InChI=1S/C33H54O6/c1-19(20(2)29(5,6)38-22(4)35)28(37-21(3)34)32(9)33(39-32)17-14-27-25-11-10-23-18-24(36)12-15-30(23,7)26(25)13-16-31(27,33)8/h19-20,23-28,36H,10-18H2,1-9H3. The molecule has 39 heavy (non-hydrogen) atoms. The number of hydrogen-bond donors (Lipinski definition) is 1. The zero-order valence-electron chi connectivity index (χ0n) is 26.0. The van der Waals surface area contributed by atoms with E-state index in [2.05, 4.69) is 34.6 Å². The molecule has 4 saturated carbocycles. The van der Waals surface area contributed by atoms with Crippen LogP contribution in [0, 0.1) is 46.3 Å². The summed E-state index contributed by atoms with van der Waals surface area (Å²) in [7, 11) is 0. The summed E-state index contributed by atoms with van der Waals surface area (Å²) in [5.41, 5.74) is -1.16. The highest BCUT2D eigenvalue weighted by molar-refractivity contribution is 5.67. The lowest BCUT2D eigenvalue weighted by molar-refractivity contribution is -0.169. The summed E-state index contributed by atoms with van der Waals surface area (Å²) in [6.45, 7) is 18.2. The highest BCUT2D eigenvalue weighted by Crippen LogP contribution is 2.77. The van der Waals surface area contributed by atoms with Gasteiger partial charge in [-0.1, -0.05) is 27.7 Å². The molecule has 0 aromatic carbocycles. The minimum absolute atomic E-state index is 0.0403. The van der Waals surface area contributed by atoms with Crippen molar-refractivity contribution in [2.75, 3.05) is 0 Å². The molecule has 5 fully saturated rings. The lowest BCUT2D eigenvalue weighted by Gasteiger charge is -2.61. The average molecular weight is 547 g/mol. The van der Waals surface area contributed by atoms with Crippen molar-refractivity contribution in [1.29, 1.82) is 0 Å². The van der Waals surface area contributed by atoms with E-state index in [9.17, 15) is 14.7 Å². The molecule has 4 aliphatic carbocycles. The number of esters is 2. The van der Waals surface area contributed by atoms with Gasteiger partial charge in [-0.05, 0) is 108 Å². The SMILES string of the molecule is CC(=O)OC(C(C)C(C)C(C)(C)OC(C)=O)C1(C)OC12CCC1C3CCC4CC(O)CCC4(C)C3CCC12C. The molecule has 5 rings (SSSR count). The van der Waals surface area contributed by atoms with Crippen molar-refractivity contribution in [3.63, 3.8) is 0 Å². The van der Waals surface area contributed by atoms with Crippen LogP contribution in [0.5, 0.6) is 0 Å². The van der Waals surface area contributed by atoms with Gasteiger partial charge in [0.25, 0.3) is 0 Å². The Hall–Kier alpha value is -1.14. The third-order valence-corrected chi connectivity index (χ3v) is 13.5. The maximum atomic E-state index is 12.4. The largest absolute Gasteiger partial charge is 0.460 e. The van der Waals surface area contributed by atoms with Gasteiger partial charge in [-0.15, -0.1) is 0 Å². The van der Waals surface area contributed by atoms with Crippen molar-refractivity contribution in [3.8, 4) is 0 Å². The summed E-state index contributed by atoms with van der Waals surface area (Å²) in [5.74, 6) is 2.02. The highest BCUT2D eigenvalue weighted by atomic mass is 16.7. The second-order valence-corrected chi connectivity index (χ2v) is 15.5. The molecular formula is C33H54O6. The summed E-state index contributed by atoms with van der Waals surface area (Å²) in [5, 5.41) is 10.4. The van der Waals surface area contributed by atoms with Gasteiger partial charge in [0.05, 0.1) is 6.10 Å². The summed E-state index contributed by atoms with van der Waals surface area (Å²) in [4.78, 5) is 24.3. The lowest BCUT2D eigenvalue weighted by atomic mass is 9.44. The van der Waals surface area contributed by atoms with Gasteiger partial charge in [0.1, 0.15) is 22.9 Å². The van der Waals surface area contributed by atoms with Gasteiger partial charge in [0.15, 0.2) is 0 Å². The van der Waals surface area contributed by atoms with Gasteiger partial charge >= 0.3 is 11.9 Å². The lowest BCUT2D eigenvalue weighted by Crippen LogP contribution is -2.57. The quantitative estimate of drug-likeness (QED) is 0.304. The monoisotopic (exact) mass is 546 g/mol. The number of carbonyl (C=O) groups excluding carboxylic acids is 2. The van der Waals surface area contributed by atoms with Crippen LogP contribution < -0.4 is 0 Å². The number of aliphatic hydroxyl groups excluding tert-OH is 1. The summed E-state index contributed by atoms with van der Waals surface area (Å²) < 4.78 is 18.8. The van der Waals surface area contributed by atoms with Crippen molar-refractivity contribution < 1.29 is 28.9 Å². The van der Waals surface area contributed by atoms with E-state index in [1.807, 2.05) is 13.8 Å². The van der Waals surface area contributed by atoms with Crippen molar-refractivity contribution in [1.82, 2.24) is 0 Å². The van der Waals surface area contributed by atoms with Gasteiger partial charge in [-0.3, -0.25) is 9.59 Å². The Balaban J connectivity index is 1.41. The first-order chi connectivity index (χ1) is 18.0.